The van der Waals surface area contributed by atoms with Crippen LogP contribution in [0.25, 0.3) is 0 Å². The van der Waals surface area contributed by atoms with Crippen molar-refractivity contribution in [1.29, 1.82) is 0 Å². The van der Waals surface area contributed by atoms with Gasteiger partial charge >= 0.3 is 0 Å². The summed E-state index contributed by atoms with van der Waals surface area (Å²) in [6.45, 7) is 4.82. The Morgan fingerprint density at radius 3 is 2.73 bits per heavy atom. The van der Waals surface area contributed by atoms with Crippen molar-refractivity contribution in [2.45, 2.75) is 36.3 Å². The minimum absolute atomic E-state index is 0.0891. The fourth-order valence-corrected chi connectivity index (χ4v) is 4.07. The lowest BCUT2D eigenvalue weighted by atomic mass is 9.93. The summed E-state index contributed by atoms with van der Waals surface area (Å²) in [5, 5.41) is 3.83. The van der Waals surface area contributed by atoms with Crippen LogP contribution in [0, 0.1) is 5.92 Å². The summed E-state index contributed by atoms with van der Waals surface area (Å²) < 4.78 is 0. The van der Waals surface area contributed by atoms with Gasteiger partial charge in [0.05, 0.1) is 10.3 Å². The van der Waals surface area contributed by atoms with Crippen LogP contribution in [0.1, 0.15) is 26.2 Å². The van der Waals surface area contributed by atoms with Gasteiger partial charge in [0.25, 0.3) is 0 Å². The average molecular weight is 341 g/mol. The van der Waals surface area contributed by atoms with Crippen molar-refractivity contribution in [3.63, 3.8) is 0 Å². The topological polar surface area (TPSA) is 32.3 Å². The second-order valence-electron chi connectivity index (χ2n) is 5.85. The number of hydrogen-bond donors (Lipinski definition) is 1. The van der Waals surface area contributed by atoms with Gasteiger partial charge in [0.1, 0.15) is 0 Å². The van der Waals surface area contributed by atoms with Gasteiger partial charge in [-0.3, -0.25) is 4.79 Å². The molecule has 1 unspecified atom stereocenters. The first-order valence-electron chi connectivity index (χ1n) is 7.96. The van der Waals surface area contributed by atoms with Crippen LogP contribution in [0.5, 0.6) is 0 Å². The third-order valence-electron chi connectivity index (χ3n) is 4.22. The van der Waals surface area contributed by atoms with E-state index < -0.39 is 0 Å². The molecular weight excluding hydrogens is 316 g/mol. The predicted molar refractivity (Wildman–Crippen MR) is 94.6 cm³/mol. The number of nitrogens with one attached hydrogen (secondary N) is 1. The van der Waals surface area contributed by atoms with E-state index in [9.17, 15) is 4.79 Å². The van der Waals surface area contributed by atoms with Crippen molar-refractivity contribution in [2.75, 3.05) is 26.7 Å². The van der Waals surface area contributed by atoms with E-state index >= 15 is 0 Å². The van der Waals surface area contributed by atoms with Crippen molar-refractivity contribution in [1.82, 2.24) is 10.2 Å². The van der Waals surface area contributed by atoms with Crippen LogP contribution < -0.4 is 5.32 Å². The molecule has 0 aliphatic carbocycles. The first-order valence-corrected chi connectivity index (χ1v) is 9.22. The third-order valence-corrected chi connectivity index (χ3v) is 5.82. The number of halogens is 1. The highest BCUT2D eigenvalue weighted by Gasteiger charge is 2.26. The van der Waals surface area contributed by atoms with E-state index in [2.05, 4.69) is 5.32 Å². The van der Waals surface area contributed by atoms with Crippen LogP contribution in [-0.4, -0.2) is 42.7 Å². The van der Waals surface area contributed by atoms with Gasteiger partial charge in [-0.1, -0.05) is 23.7 Å². The Balaban J connectivity index is 1.83. The molecule has 0 spiro atoms. The summed E-state index contributed by atoms with van der Waals surface area (Å²) in [6.07, 6.45) is 3.45. The van der Waals surface area contributed by atoms with Crippen molar-refractivity contribution in [3.8, 4) is 0 Å². The number of amides is 1. The van der Waals surface area contributed by atoms with E-state index in [-0.39, 0.29) is 11.2 Å². The van der Waals surface area contributed by atoms with Gasteiger partial charge in [0.2, 0.25) is 5.91 Å². The van der Waals surface area contributed by atoms with E-state index in [0.29, 0.717) is 0 Å². The minimum Gasteiger partial charge on any atom is -0.342 e. The molecule has 1 fully saturated rings. The van der Waals surface area contributed by atoms with Crippen LogP contribution in [0.2, 0.25) is 5.02 Å². The number of hydrogen-bond acceptors (Lipinski definition) is 3. The second kappa shape index (κ2) is 8.80. The molecule has 0 aromatic heterocycles. The van der Waals surface area contributed by atoms with Gasteiger partial charge in [0, 0.05) is 18.0 Å². The first kappa shape index (κ1) is 17.6. The molecule has 1 heterocycles. The summed E-state index contributed by atoms with van der Waals surface area (Å²) in [4.78, 5) is 15.6. The fraction of sp³-hybridized carbons (Fsp3) is 0.588. The number of nitrogens with zero attached hydrogens (tertiary/aromatic N) is 1. The van der Waals surface area contributed by atoms with Gasteiger partial charge in [0.15, 0.2) is 0 Å². The molecule has 122 valence electrons. The molecule has 0 saturated carbocycles. The molecule has 2 rings (SSSR count). The lowest BCUT2D eigenvalue weighted by molar-refractivity contribution is -0.131. The standard InChI is InChI=1S/C17H25ClN2OS/c1-13(22-16-6-4-3-5-15(16)18)17(21)20-11-8-14(9-12-20)7-10-19-2/h3-6,13-14,19H,7-12H2,1-2H3. The Bertz CT molecular complexity index is 489. The molecular formula is C17H25ClN2OS. The highest BCUT2D eigenvalue weighted by atomic mass is 35.5. The SMILES string of the molecule is CNCCC1CCN(C(=O)C(C)Sc2ccccc2Cl)CC1. The molecule has 5 heteroatoms. The molecule has 1 aromatic carbocycles. The van der Waals surface area contributed by atoms with Gasteiger partial charge in [-0.25, -0.2) is 0 Å². The van der Waals surface area contributed by atoms with Gasteiger partial charge in [-0.15, -0.1) is 11.8 Å². The number of thioether (sulfide) groups is 1. The van der Waals surface area contributed by atoms with Gasteiger partial charge in [-0.2, -0.15) is 0 Å². The van der Waals surface area contributed by atoms with Crippen LogP contribution in [-0.2, 0) is 4.79 Å². The summed E-state index contributed by atoms with van der Waals surface area (Å²) in [6, 6.07) is 7.71. The van der Waals surface area contributed by atoms with E-state index in [1.807, 2.05) is 43.1 Å². The molecule has 0 bridgehead atoms. The van der Waals surface area contributed by atoms with Crippen molar-refractivity contribution >= 4 is 29.3 Å². The van der Waals surface area contributed by atoms with Crippen molar-refractivity contribution < 1.29 is 4.79 Å². The summed E-state index contributed by atoms with van der Waals surface area (Å²) in [7, 11) is 1.99. The average Bonchev–Trinajstić information content (AvgIpc) is 2.55. The Labute approximate surface area is 142 Å². The maximum absolute atomic E-state index is 12.6. The molecule has 1 aromatic rings. The van der Waals surface area contributed by atoms with E-state index in [0.717, 1.165) is 48.3 Å². The maximum Gasteiger partial charge on any atom is 0.235 e. The number of carbonyl (C=O) groups is 1. The van der Waals surface area contributed by atoms with Crippen molar-refractivity contribution in [3.05, 3.63) is 29.3 Å². The van der Waals surface area contributed by atoms with Gasteiger partial charge < -0.3 is 10.2 Å². The Hall–Kier alpha value is -0.710. The summed E-state index contributed by atoms with van der Waals surface area (Å²) in [5.74, 6) is 0.986. The Morgan fingerprint density at radius 1 is 1.41 bits per heavy atom. The second-order valence-corrected chi connectivity index (χ2v) is 7.64. The summed E-state index contributed by atoms with van der Waals surface area (Å²) >= 11 is 7.73. The minimum atomic E-state index is -0.0891. The first-order chi connectivity index (χ1) is 10.6. The zero-order valence-corrected chi connectivity index (χ0v) is 14.9. The van der Waals surface area contributed by atoms with E-state index in [1.165, 1.54) is 6.42 Å². The molecule has 1 saturated heterocycles. The number of piperidine rings is 1. The highest BCUT2D eigenvalue weighted by Crippen LogP contribution is 2.31. The molecule has 0 radical (unpaired) electrons. The molecule has 3 nitrogen and oxygen atoms in total. The van der Waals surface area contributed by atoms with E-state index in [1.54, 1.807) is 11.8 Å². The van der Waals surface area contributed by atoms with Crippen LogP contribution >= 0.6 is 23.4 Å². The van der Waals surface area contributed by atoms with Crippen molar-refractivity contribution in [2.24, 2.45) is 5.92 Å². The molecule has 1 aliphatic heterocycles. The molecule has 1 aliphatic rings. The number of likely N-dealkylation sites (tertiary alicyclic amines) is 1. The lowest BCUT2D eigenvalue weighted by Crippen LogP contribution is -2.42. The number of carbonyl (C=O) groups excluding carboxylic acids is 1. The third kappa shape index (κ3) is 4.90. The zero-order chi connectivity index (χ0) is 15.9. The normalized spacial score (nSPS) is 17.5. The number of rotatable bonds is 6. The Morgan fingerprint density at radius 2 is 2.09 bits per heavy atom. The van der Waals surface area contributed by atoms with Gasteiger partial charge in [-0.05, 0) is 57.8 Å². The summed E-state index contributed by atoms with van der Waals surface area (Å²) in [5.41, 5.74) is 0. The fourth-order valence-electron chi connectivity index (χ4n) is 2.83. The van der Waals surface area contributed by atoms with Crippen LogP contribution in [0.4, 0.5) is 0 Å². The zero-order valence-electron chi connectivity index (χ0n) is 13.3. The molecule has 22 heavy (non-hydrogen) atoms. The highest BCUT2D eigenvalue weighted by molar-refractivity contribution is 8.00. The predicted octanol–water partition coefficient (Wildman–Crippen LogP) is 3.67. The smallest absolute Gasteiger partial charge is 0.235 e. The Kier molecular flexibility index (Phi) is 7.06. The lowest BCUT2D eigenvalue weighted by Gasteiger charge is -2.33. The molecule has 1 atom stereocenters. The van der Waals surface area contributed by atoms with Crippen LogP contribution in [0.3, 0.4) is 0 Å². The monoisotopic (exact) mass is 340 g/mol. The molecule has 1 amide bonds. The molecule has 1 N–H and O–H groups in total. The van der Waals surface area contributed by atoms with E-state index in [4.69, 9.17) is 11.6 Å². The quantitative estimate of drug-likeness (QED) is 0.802. The van der Waals surface area contributed by atoms with Crippen LogP contribution in [0.15, 0.2) is 29.2 Å². The maximum atomic E-state index is 12.6. The largest absolute Gasteiger partial charge is 0.342 e. The number of benzene rings is 1.